The minimum Gasteiger partial charge on any atom is -0.396 e. The van der Waals surface area contributed by atoms with E-state index in [0.717, 1.165) is 0 Å². The second-order valence-corrected chi connectivity index (χ2v) is 3.38. The Morgan fingerprint density at radius 2 is 2.10 bits per heavy atom. The monoisotopic (exact) mass is 147 g/mol. The predicted molar refractivity (Wildman–Crippen MR) is 40.2 cm³/mol. The van der Waals surface area contributed by atoms with E-state index in [-0.39, 0.29) is 17.9 Å². The van der Waals surface area contributed by atoms with Crippen LogP contribution in [0.3, 0.4) is 0 Å². The Balaban J connectivity index is 3.78. The third kappa shape index (κ3) is 2.64. The molecule has 0 bridgehead atoms. The van der Waals surface area contributed by atoms with E-state index >= 15 is 0 Å². The van der Waals surface area contributed by atoms with Crippen LogP contribution in [-0.2, 0) is 4.84 Å². The first-order valence-electron chi connectivity index (χ1n) is 3.47. The zero-order chi connectivity index (χ0) is 8.20. The van der Waals surface area contributed by atoms with Crippen LogP contribution in [0.25, 0.3) is 0 Å². The third-order valence-electron chi connectivity index (χ3n) is 2.09. The van der Waals surface area contributed by atoms with Gasteiger partial charge in [0.25, 0.3) is 0 Å². The van der Waals surface area contributed by atoms with Gasteiger partial charge in [0.15, 0.2) is 0 Å². The lowest BCUT2D eigenvalue weighted by atomic mass is 9.81. The molecule has 0 spiro atoms. The highest BCUT2D eigenvalue weighted by Crippen LogP contribution is 2.25. The lowest BCUT2D eigenvalue weighted by Gasteiger charge is -2.28. The summed E-state index contributed by atoms with van der Waals surface area (Å²) in [5.74, 6) is 5.18. The molecule has 0 radical (unpaired) electrons. The van der Waals surface area contributed by atoms with Gasteiger partial charge in [-0.05, 0) is 11.3 Å². The third-order valence-corrected chi connectivity index (χ3v) is 2.09. The Labute approximate surface area is 62.1 Å². The highest BCUT2D eigenvalue weighted by atomic mass is 16.6. The molecule has 0 aliphatic rings. The van der Waals surface area contributed by atoms with Crippen LogP contribution in [0.2, 0.25) is 0 Å². The lowest BCUT2D eigenvalue weighted by Crippen LogP contribution is -2.30. The van der Waals surface area contributed by atoms with Gasteiger partial charge in [0.1, 0.15) is 0 Å². The molecule has 0 aromatic heterocycles. The molecule has 1 unspecified atom stereocenters. The fourth-order valence-electron chi connectivity index (χ4n) is 0.526. The molecule has 0 saturated heterocycles. The minimum absolute atomic E-state index is 0.0978. The summed E-state index contributed by atoms with van der Waals surface area (Å²) in [6, 6.07) is 0. The zero-order valence-corrected chi connectivity index (χ0v) is 6.92. The molecule has 0 aliphatic heterocycles. The number of nitrogens with two attached hydrogens (primary N) is 1. The number of hydrogen-bond donors (Lipinski definition) is 2. The molecule has 3 heteroatoms. The van der Waals surface area contributed by atoms with Crippen molar-refractivity contribution < 1.29 is 9.94 Å². The van der Waals surface area contributed by atoms with Crippen LogP contribution in [0.5, 0.6) is 0 Å². The average molecular weight is 147 g/mol. The van der Waals surface area contributed by atoms with Gasteiger partial charge >= 0.3 is 0 Å². The van der Waals surface area contributed by atoms with E-state index in [1.54, 1.807) is 0 Å². The molecule has 0 aromatic rings. The molecule has 0 heterocycles. The quantitative estimate of drug-likeness (QED) is 0.570. The van der Waals surface area contributed by atoms with Crippen LogP contribution in [0.4, 0.5) is 0 Å². The summed E-state index contributed by atoms with van der Waals surface area (Å²) in [6.45, 7) is 6.63. The van der Waals surface area contributed by atoms with E-state index in [1.165, 1.54) is 0 Å². The van der Waals surface area contributed by atoms with Gasteiger partial charge in [-0.15, -0.1) is 0 Å². The van der Waals surface area contributed by atoms with E-state index in [9.17, 15) is 0 Å². The molecule has 10 heavy (non-hydrogen) atoms. The number of aliphatic hydroxyl groups excluding tert-OH is 1. The number of aliphatic hydroxyl groups is 1. The van der Waals surface area contributed by atoms with Crippen molar-refractivity contribution in [2.75, 3.05) is 13.2 Å². The van der Waals surface area contributed by atoms with Crippen LogP contribution < -0.4 is 5.90 Å². The van der Waals surface area contributed by atoms with E-state index in [1.807, 2.05) is 20.8 Å². The molecule has 0 saturated carbocycles. The Kier molecular flexibility index (Phi) is 3.86. The summed E-state index contributed by atoms with van der Waals surface area (Å²) in [5, 5.41) is 8.89. The fourth-order valence-corrected chi connectivity index (χ4v) is 0.526. The van der Waals surface area contributed by atoms with Gasteiger partial charge < -0.3 is 9.94 Å². The molecule has 3 nitrogen and oxygen atoms in total. The van der Waals surface area contributed by atoms with Crippen LogP contribution in [0.15, 0.2) is 0 Å². The molecule has 0 fully saturated rings. The highest BCUT2D eigenvalue weighted by Gasteiger charge is 2.24. The first kappa shape index (κ1) is 9.88. The van der Waals surface area contributed by atoms with Crippen LogP contribution in [-0.4, -0.2) is 18.3 Å². The van der Waals surface area contributed by atoms with Crippen molar-refractivity contribution in [3.05, 3.63) is 0 Å². The largest absolute Gasteiger partial charge is 0.396 e. The van der Waals surface area contributed by atoms with Crippen molar-refractivity contribution in [1.82, 2.24) is 0 Å². The van der Waals surface area contributed by atoms with Crippen molar-refractivity contribution in [3.8, 4) is 0 Å². The summed E-state index contributed by atoms with van der Waals surface area (Å²) >= 11 is 0. The Hall–Kier alpha value is -0.120. The summed E-state index contributed by atoms with van der Waals surface area (Å²) in [5.41, 5.74) is -0.0978. The normalized spacial score (nSPS) is 15.3. The van der Waals surface area contributed by atoms with Crippen molar-refractivity contribution in [1.29, 1.82) is 0 Å². The molecule has 62 valence electrons. The molecule has 1 atom stereocenters. The van der Waals surface area contributed by atoms with E-state index in [4.69, 9.17) is 11.0 Å². The molecule has 0 rings (SSSR count). The maximum atomic E-state index is 8.89. The molecular formula is C7H17NO2. The smallest absolute Gasteiger partial charge is 0.0710 e. The number of hydrogen-bond acceptors (Lipinski definition) is 3. The van der Waals surface area contributed by atoms with Crippen molar-refractivity contribution in [2.45, 2.75) is 20.8 Å². The molecular weight excluding hydrogens is 130 g/mol. The molecule has 0 amide bonds. The topological polar surface area (TPSA) is 55.5 Å². The van der Waals surface area contributed by atoms with Gasteiger partial charge in [-0.2, -0.15) is 0 Å². The summed E-state index contributed by atoms with van der Waals surface area (Å²) in [6.07, 6.45) is 0. The second-order valence-electron chi connectivity index (χ2n) is 3.38. The summed E-state index contributed by atoms with van der Waals surface area (Å²) in [4.78, 5) is 4.48. The van der Waals surface area contributed by atoms with Gasteiger partial charge in [-0.25, -0.2) is 5.90 Å². The van der Waals surface area contributed by atoms with Gasteiger partial charge in [0.2, 0.25) is 0 Å². The minimum atomic E-state index is -0.0978. The predicted octanol–water partition coefficient (Wildman–Crippen LogP) is 0.531. The maximum absolute atomic E-state index is 8.89. The Morgan fingerprint density at radius 1 is 1.60 bits per heavy atom. The van der Waals surface area contributed by atoms with E-state index in [0.29, 0.717) is 6.61 Å². The fraction of sp³-hybridized carbons (Fsp3) is 1.00. The van der Waals surface area contributed by atoms with Crippen molar-refractivity contribution in [3.63, 3.8) is 0 Å². The SMILES string of the molecule is CC(CON)C(C)(C)CO. The zero-order valence-electron chi connectivity index (χ0n) is 6.92. The maximum Gasteiger partial charge on any atom is 0.0710 e. The first-order chi connectivity index (χ1) is 4.54. The van der Waals surface area contributed by atoms with Crippen LogP contribution >= 0.6 is 0 Å². The van der Waals surface area contributed by atoms with Gasteiger partial charge in [-0.3, -0.25) is 0 Å². The van der Waals surface area contributed by atoms with Crippen LogP contribution in [0, 0.1) is 11.3 Å². The van der Waals surface area contributed by atoms with Crippen molar-refractivity contribution in [2.24, 2.45) is 17.2 Å². The molecule has 0 aromatic carbocycles. The Bertz CT molecular complexity index is 93.6. The lowest BCUT2D eigenvalue weighted by molar-refractivity contribution is 0.0272. The highest BCUT2D eigenvalue weighted by molar-refractivity contribution is 4.73. The molecule has 3 N–H and O–H groups in total. The van der Waals surface area contributed by atoms with Gasteiger partial charge in [0, 0.05) is 6.61 Å². The standard InChI is InChI=1S/C7H17NO2/c1-6(4-10-8)7(2,3)5-9/h6,9H,4-5,8H2,1-3H3. The van der Waals surface area contributed by atoms with E-state index in [2.05, 4.69) is 4.84 Å². The number of rotatable bonds is 4. The van der Waals surface area contributed by atoms with Crippen molar-refractivity contribution >= 4 is 0 Å². The van der Waals surface area contributed by atoms with Gasteiger partial charge in [0.05, 0.1) is 6.61 Å². The van der Waals surface area contributed by atoms with E-state index < -0.39 is 0 Å². The van der Waals surface area contributed by atoms with Crippen LogP contribution in [0.1, 0.15) is 20.8 Å². The Morgan fingerprint density at radius 3 is 2.40 bits per heavy atom. The average Bonchev–Trinajstić information content (AvgIpc) is 1.89. The summed E-state index contributed by atoms with van der Waals surface area (Å²) in [7, 11) is 0. The second kappa shape index (κ2) is 3.91. The molecule has 0 aliphatic carbocycles. The van der Waals surface area contributed by atoms with Gasteiger partial charge in [-0.1, -0.05) is 20.8 Å². The first-order valence-corrected chi connectivity index (χ1v) is 3.47. The summed E-state index contributed by atoms with van der Waals surface area (Å²) < 4.78 is 0.